The van der Waals surface area contributed by atoms with Crippen LogP contribution in [-0.4, -0.2) is 0 Å². The second kappa shape index (κ2) is 23.2. The summed E-state index contributed by atoms with van der Waals surface area (Å²) in [6.07, 6.45) is 8.13. The van der Waals surface area contributed by atoms with Crippen molar-refractivity contribution in [2.45, 2.75) is 164 Å². The van der Waals surface area contributed by atoms with E-state index in [0.29, 0.717) is 0 Å². The molecule has 0 heterocycles. The van der Waals surface area contributed by atoms with Gasteiger partial charge < -0.3 is 45.1 Å². The molecule has 0 aromatic heterocycles. The molecule has 0 aliphatic carbocycles. The van der Waals surface area contributed by atoms with Crippen molar-refractivity contribution in [3.05, 3.63) is 144 Å². The number of benzene rings is 4. The van der Waals surface area contributed by atoms with Crippen LogP contribution in [0.25, 0.3) is 43.8 Å². The maximum atomic E-state index is 3.38. The molecule has 0 radical (unpaired) electrons. The Labute approximate surface area is 395 Å². The summed E-state index contributed by atoms with van der Waals surface area (Å²) in [5.74, 6) is 0. The fourth-order valence-electron chi connectivity index (χ4n) is 7.45. The Balaban J connectivity index is 0.000000538. The number of aryl methyl sites for hydroxylation is 2. The Morgan fingerprint density at radius 2 is 0.733 bits per heavy atom. The van der Waals surface area contributed by atoms with Gasteiger partial charge in [-0.3, -0.25) is 0 Å². The minimum atomic E-state index is 0. The van der Waals surface area contributed by atoms with Gasteiger partial charge in [0.2, 0.25) is 0 Å². The van der Waals surface area contributed by atoms with E-state index in [9.17, 15) is 0 Å². The van der Waals surface area contributed by atoms with Crippen LogP contribution in [0, 0.1) is 13.8 Å². The molecule has 0 nitrogen and oxygen atoms in total. The van der Waals surface area contributed by atoms with Crippen molar-refractivity contribution >= 4 is 21.5 Å². The van der Waals surface area contributed by atoms with E-state index in [2.05, 4.69) is 208 Å². The van der Waals surface area contributed by atoms with Gasteiger partial charge in [-0.25, -0.2) is 0 Å². The van der Waals surface area contributed by atoms with Gasteiger partial charge in [0, 0.05) is 0 Å². The monoisotopic (exact) mass is 878 g/mol. The summed E-state index contributed by atoms with van der Waals surface area (Å²) in [7, 11) is 0. The van der Waals surface area contributed by atoms with E-state index in [1.165, 1.54) is 116 Å². The van der Waals surface area contributed by atoms with Crippen LogP contribution in [0.15, 0.2) is 97.1 Å². The van der Waals surface area contributed by atoms with E-state index in [0.717, 1.165) is 6.42 Å². The number of rotatable bonds is 8. The standard InChI is InChI=1S/2C27H35.C3H6.2ClH.Ti/c2*1-8-9-11-19-14-20-12-10-13-24(25(20)15-19)21-16-22(26(2,3)4)18-23(17-21)27(5,6)7;1-3-2;;;/h2*10,12-18H,8-9,11H2,1-7H3;1-3H2;2*1H;/q2*-1;-2;;;+2/p-2. The van der Waals surface area contributed by atoms with Crippen molar-refractivity contribution in [1.29, 1.82) is 0 Å². The van der Waals surface area contributed by atoms with Gasteiger partial charge >= 0.3 is 21.7 Å². The van der Waals surface area contributed by atoms with Gasteiger partial charge in [0.25, 0.3) is 0 Å². The van der Waals surface area contributed by atoms with Crippen LogP contribution in [0.5, 0.6) is 0 Å². The molecular formula is C57H76Cl2Ti-4. The van der Waals surface area contributed by atoms with Crippen molar-refractivity contribution in [2.75, 3.05) is 0 Å². The van der Waals surface area contributed by atoms with Gasteiger partial charge in [0.15, 0.2) is 0 Å². The van der Waals surface area contributed by atoms with Crippen molar-refractivity contribution in [3.8, 4) is 22.3 Å². The van der Waals surface area contributed by atoms with Crippen molar-refractivity contribution in [1.82, 2.24) is 0 Å². The second-order valence-electron chi connectivity index (χ2n) is 20.5. The second-order valence-corrected chi connectivity index (χ2v) is 20.5. The van der Waals surface area contributed by atoms with Crippen molar-refractivity contribution in [3.63, 3.8) is 0 Å². The van der Waals surface area contributed by atoms with Crippen LogP contribution in [0.3, 0.4) is 0 Å². The molecule has 326 valence electrons. The molecule has 6 aromatic rings. The zero-order valence-electron chi connectivity index (χ0n) is 39.9. The van der Waals surface area contributed by atoms with E-state index in [-0.39, 0.29) is 68.2 Å². The van der Waals surface area contributed by atoms with Crippen LogP contribution in [0.2, 0.25) is 0 Å². The van der Waals surface area contributed by atoms with E-state index in [1.807, 2.05) is 0 Å². The van der Waals surface area contributed by atoms with Gasteiger partial charge in [0.1, 0.15) is 0 Å². The molecule has 0 spiro atoms. The zero-order valence-corrected chi connectivity index (χ0v) is 42.9. The summed E-state index contributed by atoms with van der Waals surface area (Å²) >= 11 is 0. The largest absolute Gasteiger partial charge is 2.00 e. The van der Waals surface area contributed by atoms with Gasteiger partial charge in [-0.1, -0.05) is 182 Å². The Bertz CT molecular complexity index is 1980. The van der Waals surface area contributed by atoms with Gasteiger partial charge in [-0.15, -0.1) is 69.1 Å². The average Bonchev–Trinajstić information content (AvgIpc) is 3.75. The molecule has 0 aliphatic rings. The quantitative estimate of drug-likeness (QED) is 0.106. The number of fused-ring (bicyclic) bond motifs is 2. The molecule has 0 saturated carbocycles. The summed E-state index contributed by atoms with van der Waals surface area (Å²) in [5, 5.41) is 5.54. The number of unbranched alkanes of at least 4 members (excludes halogenated alkanes) is 2. The van der Waals surface area contributed by atoms with Crippen molar-refractivity contribution < 1.29 is 46.5 Å². The molecule has 0 fully saturated rings. The van der Waals surface area contributed by atoms with Crippen LogP contribution < -0.4 is 24.8 Å². The van der Waals surface area contributed by atoms with Crippen LogP contribution in [-0.2, 0) is 56.2 Å². The summed E-state index contributed by atoms with van der Waals surface area (Å²) < 4.78 is 0. The molecule has 6 aromatic carbocycles. The molecule has 3 heteroatoms. The molecular weight excluding hydrogens is 803 g/mol. The summed E-state index contributed by atoms with van der Waals surface area (Å²) in [5.41, 5.74) is 14.6. The molecule has 0 atom stereocenters. The molecule has 60 heavy (non-hydrogen) atoms. The third-order valence-corrected chi connectivity index (χ3v) is 11.2. The minimum absolute atomic E-state index is 0. The first-order valence-electron chi connectivity index (χ1n) is 21.9. The van der Waals surface area contributed by atoms with E-state index < -0.39 is 0 Å². The zero-order chi connectivity index (χ0) is 42.3. The Morgan fingerprint density at radius 3 is 0.983 bits per heavy atom. The molecule has 0 N–H and O–H groups in total. The topological polar surface area (TPSA) is 0 Å². The number of hydrogen-bond donors (Lipinski definition) is 0. The maximum absolute atomic E-state index is 3.38. The predicted octanol–water partition coefficient (Wildman–Crippen LogP) is 11.4. The Morgan fingerprint density at radius 1 is 0.450 bits per heavy atom. The van der Waals surface area contributed by atoms with Gasteiger partial charge in [-0.2, -0.15) is 12.1 Å². The first-order chi connectivity index (χ1) is 26.6. The van der Waals surface area contributed by atoms with E-state index in [1.54, 1.807) is 0 Å². The number of halogens is 2. The van der Waals surface area contributed by atoms with E-state index in [4.69, 9.17) is 0 Å². The van der Waals surface area contributed by atoms with Crippen LogP contribution in [0.4, 0.5) is 0 Å². The Kier molecular flexibility index (Phi) is 21.4. The van der Waals surface area contributed by atoms with Gasteiger partial charge in [-0.05, 0) is 67.9 Å². The van der Waals surface area contributed by atoms with Crippen LogP contribution >= 0.6 is 0 Å². The Hall–Kier alpha value is -2.61. The number of hydrogen-bond acceptors (Lipinski definition) is 0. The van der Waals surface area contributed by atoms with Crippen LogP contribution in [0.1, 0.15) is 162 Å². The smallest absolute Gasteiger partial charge is 1.00 e. The molecule has 0 bridgehead atoms. The molecule has 6 rings (SSSR count). The third kappa shape index (κ3) is 14.8. The molecule has 0 unspecified atom stereocenters. The summed E-state index contributed by atoms with van der Waals surface area (Å²) in [4.78, 5) is 0. The normalized spacial score (nSPS) is 11.7. The van der Waals surface area contributed by atoms with Gasteiger partial charge in [0.05, 0.1) is 0 Å². The summed E-state index contributed by atoms with van der Waals surface area (Å²) in [6, 6.07) is 37.5. The summed E-state index contributed by atoms with van der Waals surface area (Å²) in [6.45, 7) is 39.0. The first-order valence-corrected chi connectivity index (χ1v) is 21.9. The first kappa shape index (κ1) is 55.4. The average molecular weight is 880 g/mol. The fourth-order valence-corrected chi connectivity index (χ4v) is 7.45. The SMILES string of the molecule is CCCCc1cc2c(-c3cc(C(C)(C)C)cc(C(C)(C)C)c3)cccc2[cH-]1.CCCCc1cc2c(-c3cc(C(C)(C)C)cc(C(C)(C)C)c3)cccc2[cH-]1.[CH2-]C[CH2-].[Cl-].[Cl-].[Ti+2]. The van der Waals surface area contributed by atoms with E-state index >= 15 is 0 Å². The molecule has 0 saturated heterocycles. The maximum Gasteiger partial charge on any atom is 2.00 e. The predicted molar refractivity (Wildman–Crippen MR) is 257 cm³/mol. The van der Waals surface area contributed by atoms with Crippen molar-refractivity contribution in [2.24, 2.45) is 0 Å². The molecule has 0 amide bonds. The molecule has 0 aliphatic heterocycles. The third-order valence-electron chi connectivity index (χ3n) is 11.2. The fraction of sp³-hybridized carbons (Fsp3) is 0.439. The minimum Gasteiger partial charge on any atom is -1.00 e.